The zero-order valence-electron chi connectivity index (χ0n) is 8.69. The Morgan fingerprint density at radius 3 is 2.07 bits per heavy atom. The molecule has 0 aromatic rings. The quantitative estimate of drug-likeness (QED) is 0.737. The zero-order valence-corrected chi connectivity index (χ0v) is 8.69. The van der Waals surface area contributed by atoms with E-state index in [0.29, 0.717) is 0 Å². The molecule has 2 atom stereocenters. The summed E-state index contributed by atoms with van der Waals surface area (Å²) >= 11 is 0. The van der Waals surface area contributed by atoms with Crippen LogP contribution in [0.4, 0.5) is 13.2 Å². The third kappa shape index (κ3) is 2.87. The molecule has 0 radical (unpaired) electrons. The van der Waals surface area contributed by atoms with E-state index in [4.69, 9.17) is 0 Å². The smallest absolute Gasteiger partial charge is 0.317 e. The predicted molar refractivity (Wildman–Crippen MR) is 50.0 cm³/mol. The highest BCUT2D eigenvalue weighted by molar-refractivity contribution is 4.79. The standard InChI is InChI=1S/C10H18F3N/c1-7(8(2)10(11,12)13)9-3-5-14-6-4-9/h7-9,14H,3-6H2,1-2H3. The molecule has 84 valence electrons. The average molecular weight is 209 g/mol. The van der Waals surface area contributed by atoms with Crippen LogP contribution in [0.1, 0.15) is 26.7 Å². The van der Waals surface area contributed by atoms with Crippen LogP contribution in [-0.4, -0.2) is 19.3 Å². The van der Waals surface area contributed by atoms with Gasteiger partial charge in [-0.3, -0.25) is 0 Å². The van der Waals surface area contributed by atoms with Crippen molar-refractivity contribution >= 4 is 0 Å². The van der Waals surface area contributed by atoms with Crippen LogP contribution in [0.3, 0.4) is 0 Å². The number of hydrogen-bond donors (Lipinski definition) is 1. The SMILES string of the molecule is CC(C1CCNCC1)C(C)C(F)(F)F. The molecule has 0 spiro atoms. The lowest BCUT2D eigenvalue weighted by molar-refractivity contribution is -0.187. The van der Waals surface area contributed by atoms with E-state index in [0.717, 1.165) is 25.9 Å². The van der Waals surface area contributed by atoms with Crippen LogP contribution in [0.15, 0.2) is 0 Å². The van der Waals surface area contributed by atoms with Gasteiger partial charge in [0.2, 0.25) is 0 Å². The normalized spacial score (nSPS) is 24.6. The van der Waals surface area contributed by atoms with Gasteiger partial charge in [-0.05, 0) is 37.8 Å². The van der Waals surface area contributed by atoms with Crippen LogP contribution in [-0.2, 0) is 0 Å². The van der Waals surface area contributed by atoms with Crippen LogP contribution < -0.4 is 5.32 Å². The second-order valence-corrected chi connectivity index (χ2v) is 4.28. The third-order valence-electron chi connectivity index (χ3n) is 3.43. The summed E-state index contributed by atoms with van der Waals surface area (Å²) in [6.07, 6.45) is -2.28. The van der Waals surface area contributed by atoms with Gasteiger partial charge >= 0.3 is 6.18 Å². The maximum absolute atomic E-state index is 12.4. The molecule has 1 aliphatic heterocycles. The predicted octanol–water partition coefficient (Wildman–Crippen LogP) is 2.82. The van der Waals surface area contributed by atoms with Crippen molar-refractivity contribution in [3.05, 3.63) is 0 Å². The summed E-state index contributed by atoms with van der Waals surface area (Å²) in [5, 5.41) is 3.17. The van der Waals surface area contributed by atoms with E-state index >= 15 is 0 Å². The van der Waals surface area contributed by atoms with Crippen molar-refractivity contribution in [2.24, 2.45) is 17.8 Å². The molecule has 1 N–H and O–H groups in total. The lowest BCUT2D eigenvalue weighted by atomic mass is 9.78. The summed E-state index contributed by atoms with van der Waals surface area (Å²) in [4.78, 5) is 0. The maximum atomic E-state index is 12.4. The Bertz CT molecular complexity index is 173. The molecular formula is C10H18F3N. The summed E-state index contributed by atoms with van der Waals surface area (Å²) in [6.45, 7) is 4.75. The molecule has 1 nitrogen and oxygen atoms in total. The fraction of sp³-hybridized carbons (Fsp3) is 1.00. The number of piperidine rings is 1. The molecule has 1 rings (SSSR count). The molecule has 0 aromatic heterocycles. The first-order valence-electron chi connectivity index (χ1n) is 5.20. The fourth-order valence-electron chi connectivity index (χ4n) is 2.08. The molecule has 1 aliphatic rings. The van der Waals surface area contributed by atoms with Gasteiger partial charge < -0.3 is 5.32 Å². The van der Waals surface area contributed by atoms with Crippen molar-refractivity contribution in [3.63, 3.8) is 0 Å². The van der Waals surface area contributed by atoms with Crippen molar-refractivity contribution in [3.8, 4) is 0 Å². The Balaban J connectivity index is 2.50. The van der Waals surface area contributed by atoms with Gasteiger partial charge in [0.1, 0.15) is 0 Å². The first kappa shape index (κ1) is 11.8. The monoisotopic (exact) mass is 209 g/mol. The van der Waals surface area contributed by atoms with Crippen molar-refractivity contribution in [2.45, 2.75) is 32.9 Å². The average Bonchev–Trinajstić information content (AvgIpc) is 2.15. The number of halogens is 3. The minimum absolute atomic E-state index is 0.230. The summed E-state index contributed by atoms with van der Waals surface area (Å²) in [6, 6.07) is 0. The van der Waals surface area contributed by atoms with Crippen molar-refractivity contribution in [1.29, 1.82) is 0 Å². The van der Waals surface area contributed by atoms with E-state index in [1.807, 2.05) is 0 Å². The summed E-state index contributed by atoms with van der Waals surface area (Å²) in [7, 11) is 0. The topological polar surface area (TPSA) is 12.0 Å². The zero-order chi connectivity index (χ0) is 10.8. The van der Waals surface area contributed by atoms with Crippen LogP contribution in [0.5, 0.6) is 0 Å². The molecule has 4 heteroatoms. The Hall–Kier alpha value is -0.250. The van der Waals surface area contributed by atoms with Gasteiger partial charge in [-0.25, -0.2) is 0 Å². The van der Waals surface area contributed by atoms with Gasteiger partial charge in [0.15, 0.2) is 0 Å². The molecule has 14 heavy (non-hydrogen) atoms. The van der Waals surface area contributed by atoms with Crippen LogP contribution in [0, 0.1) is 17.8 Å². The van der Waals surface area contributed by atoms with Crippen molar-refractivity contribution in [2.75, 3.05) is 13.1 Å². The minimum Gasteiger partial charge on any atom is -0.317 e. The highest BCUT2D eigenvalue weighted by Crippen LogP contribution is 2.37. The summed E-state index contributed by atoms with van der Waals surface area (Å²) in [5.41, 5.74) is 0. The first-order chi connectivity index (χ1) is 6.43. The van der Waals surface area contributed by atoms with Gasteiger partial charge in [-0.15, -0.1) is 0 Å². The van der Waals surface area contributed by atoms with E-state index in [-0.39, 0.29) is 11.8 Å². The lowest BCUT2D eigenvalue weighted by Gasteiger charge is -2.33. The molecule has 0 amide bonds. The highest BCUT2D eigenvalue weighted by atomic mass is 19.4. The molecule has 0 bridgehead atoms. The molecule has 2 unspecified atom stereocenters. The van der Waals surface area contributed by atoms with Crippen LogP contribution in [0.2, 0.25) is 0 Å². The first-order valence-corrected chi connectivity index (χ1v) is 5.20. The second-order valence-electron chi connectivity index (χ2n) is 4.28. The largest absolute Gasteiger partial charge is 0.391 e. The minimum atomic E-state index is -4.04. The molecule has 0 saturated carbocycles. The maximum Gasteiger partial charge on any atom is 0.391 e. The van der Waals surface area contributed by atoms with Gasteiger partial charge in [-0.1, -0.05) is 13.8 Å². The van der Waals surface area contributed by atoms with Gasteiger partial charge in [0.25, 0.3) is 0 Å². The number of nitrogens with one attached hydrogen (secondary N) is 1. The molecule has 1 heterocycles. The Morgan fingerprint density at radius 2 is 1.64 bits per heavy atom. The summed E-state index contributed by atoms with van der Waals surface area (Å²) < 4.78 is 37.3. The molecule has 1 fully saturated rings. The van der Waals surface area contributed by atoms with E-state index in [2.05, 4.69) is 5.32 Å². The van der Waals surface area contributed by atoms with Gasteiger partial charge in [0.05, 0.1) is 5.92 Å². The Kier molecular flexibility index (Phi) is 3.81. The van der Waals surface area contributed by atoms with Crippen molar-refractivity contribution < 1.29 is 13.2 Å². The fourth-order valence-corrected chi connectivity index (χ4v) is 2.08. The number of rotatable bonds is 2. The molecular weight excluding hydrogens is 191 g/mol. The molecule has 0 aliphatic carbocycles. The molecule has 0 aromatic carbocycles. The van der Waals surface area contributed by atoms with E-state index < -0.39 is 12.1 Å². The van der Waals surface area contributed by atoms with E-state index in [9.17, 15) is 13.2 Å². The van der Waals surface area contributed by atoms with Gasteiger partial charge in [0, 0.05) is 0 Å². The van der Waals surface area contributed by atoms with Gasteiger partial charge in [-0.2, -0.15) is 13.2 Å². The lowest BCUT2D eigenvalue weighted by Crippen LogP contribution is -2.36. The molecule has 1 saturated heterocycles. The third-order valence-corrected chi connectivity index (χ3v) is 3.43. The Labute approximate surface area is 83.1 Å². The van der Waals surface area contributed by atoms with Crippen LogP contribution >= 0.6 is 0 Å². The summed E-state index contributed by atoms with van der Waals surface area (Å²) in [5.74, 6) is -1.20. The number of hydrogen-bond acceptors (Lipinski definition) is 1. The van der Waals surface area contributed by atoms with Crippen molar-refractivity contribution in [1.82, 2.24) is 5.32 Å². The second kappa shape index (κ2) is 4.51. The van der Waals surface area contributed by atoms with E-state index in [1.54, 1.807) is 6.92 Å². The Morgan fingerprint density at radius 1 is 1.14 bits per heavy atom. The number of alkyl halides is 3. The van der Waals surface area contributed by atoms with E-state index in [1.165, 1.54) is 6.92 Å². The highest BCUT2D eigenvalue weighted by Gasteiger charge is 2.41. The van der Waals surface area contributed by atoms with Crippen LogP contribution in [0.25, 0.3) is 0 Å².